The third kappa shape index (κ3) is 1.75. The Labute approximate surface area is 108 Å². The van der Waals surface area contributed by atoms with E-state index in [0.29, 0.717) is 5.56 Å². The Morgan fingerprint density at radius 3 is 2.71 bits per heavy atom. The molecule has 3 nitrogen and oxygen atoms in total. The van der Waals surface area contributed by atoms with E-state index in [-0.39, 0.29) is 5.60 Å². The summed E-state index contributed by atoms with van der Waals surface area (Å²) < 4.78 is 6.84. The SMILES string of the molecule is O=C(O)c1cc(Br)c2c(c1)CC1(CCCC1)O2. The number of rotatable bonds is 1. The molecule has 0 atom stereocenters. The largest absolute Gasteiger partial charge is 0.485 e. The third-order valence-corrected chi connectivity index (χ3v) is 4.30. The van der Waals surface area contributed by atoms with Crippen LogP contribution in [0.4, 0.5) is 0 Å². The van der Waals surface area contributed by atoms with Gasteiger partial charge in [0.15, 0.2) is 0 Å². The second kappa shape index (κ2) is 3.73. The van der Waals surface area contributed by atoms with E-state index in [0.717, 1.165) is 35.0 Å². The second-order valence-corrected chi connectivity index (χ2v) is 5.77. The van der Waals surface area contributed by atoms with Crippen molar-refractivity contribution >= 4 is 21.9 Å². The highest BCUT2D eigenvalue weighted by Crippen LogP contribution is 2.47. The smallest absolute Gasteiger partial charge is 0.335 e. The number of halogens is 1. The standard InChI is InChI=1S/C13H13BrO3/c14-10-6-8(12(15)16)5-9-7-13(17-11(9)10)3-1-2-4-13/h5-6H,1-4,7H2,(H,15,16). The van der Waals surface area contributed by atoms with Crippen LogP contribution >= 0.6 is 15.9 Å². The maximum absolute atomic E-state index is 11.0. The number of ether oxygens (including phenoxy) is 1. The van der Waals surface area contributed by atoms with Crippen molar-refractivity contribution < 1.29 is 14.6 Å². The van der Waals surface area contributed by atoms with Crippen LogP contribution in [0.25, 0.3) is 0 Å². The highest BCUT2D eigenvalue weighted by atomic mass is 79.9. The van der Waals surface area contributed by atoms with Crippen molar-refractivity contribution in [3.05, 3.63) is 27.7 Å². The summed E-state index contributed by atoms with van der Waals surface area (Å²) in [5.41, 5.74) is 1.30. The van der Waals surface area contributed by atoms with Gasteiger partial charge in [-0.3, -0.25) is 0 Å². The van der Waals surface area contributed by atoms with Crippen molar-refractivity contribution in [2.75, 3.05) is 0 Å². The Kier molecular flexibility index (Phi) is 2.43. The van der Waals surface area contributed by atoms with Crippen molar-refractivity contribution in [2.45, 2.75) is 37.7 Å². The number of aromatic carboxylic acids is 1. The number of carboxylic acid groups (broad SMARTS) is 1. The molecule has 1 spiro atoms. The zero-order chi connectivity index (χ0) is 12.0. The number of hydrogen-bond acceptors (Lipinski definition) is 2. The van der Waals surface area contributed by atoms with E-state index in [1.807, 2.05) is 0 Å². The van der Waals surface area contributed by atoms with Gasteiger partial charge in [0.25, 0.3) is 0 Å². The Hall–Kier alpha value is -1.03. The zero-order valence-corrected chi connectivity index (χ0v) is 10.9. The summed E-state index contributed by atoms with van der Waals surface area (Å²) in [6.07, 6.45) is 5.42. The first-order chi connectivity index (χ1) is 8.10. The van der Waals surface area contributed by atoms with E-state index >= 15 is 0 Å². The first-order valence-corrected chi connectivity index (χ1v) is 6.64. The van der Waals surface area contributed by atoms with Crippen molar-refractivity contribution in [3.63, 3.8) is 0 Å². The molecule has 0 saturated heterocycles. The second-order valence-electron chi connectivity index (χ2n) is 4.92. The minimum atomic E-state index is -0.888. The molecular weight excluding hydrogens is 284 g/mol. The quantitative estimate of drug-likeness (QED) is 0.864. The summed E-state index contributed by atoms with van der Waals surface area (Å²) >= 11 is 3.41. The van der Waals surface area contributed by atoms with Gasteiger partial charge in [-0.2, -0.15) is 0 Å². The minimum Gasteiger partial charge on any atom is -0.485 e. The highest BCUT2D eigenvalue weighted by Gasteiger charge is 2.42. The lowest BCUT2D eigenvalue weighted by molar-refractivity contribution is 0.0696. The molecule has 0 unspecified atom stereocenters. The Bertz CT molecular complexity index is 490. The molecule has 1 N–H and O–H groups in total. The molecule has 1 saturated carbocycles. The number of benzene rings is 1. The zero-order valence-electron chi connectivity index (χ0n) is 9.33. The van der Waals surface area contributed by atoms with E-state index in [4.69, 9.17) is 9.84 Å². The molecule has 1 heterocycles. The summed E-state index contributed by atoms with van der Waals surface area (Å²) in [5, 5.41) is 9.04. The van der Waals surface area contributed by atoms with Gasteiger partial charge in [-0.1, -0.05) is 0 Å². The maximum Gasteiger partial charge on any atom is 0.335 e. The summed E-state index contributed by atoms with van der Waals surface area (Å²) in [6, 6.07) is 3.37. The Balaban J connectivity index is 2.02. The van der Waals surface area contributed by atoms with Gasteiger partial charge in [0, 0.05) is 12.0 Å². The van der Waals surface area contributed by atoms with Crippen molar-refractivity contribution in [1.82, 2.24) is 0 Å². The van der Waals surface area contributed by atoms with Crippen LogP contribution in [0, 0.1) is 0 Å². The molecule has 0 aromatic heterocycles. The average Bonchev–Trinajstić information content (AvgIpc) is 2.86. The van der Waals surface area contributed by atoms with Crippen LogP contribution in [0.3, 0.4) is 0 Å². The van der Waals surface area contributed by atoms with E-state index < -0.39 is 5.97 Å². The summed E-state index contributed by atoms with van der Waals surface area (Å²) in [4.78, 5) is 11.0. The van der Waals surface area contributed by atoms with E-state index in [9.17, 15) is 4.79 Å². The Morgan fingerprint density at radius 2 is 2.06 bits per heavy atom. The lowest BCUT2D eigenvalue weighted by atomic mass is 9.95. The van der Waals surface area contributed by atoms with Crippen molar-refractivity contribution in [3.8, 4) is 5.75 Å². The molecule has 1 aliphatic heterocycles. The van der Waals surface area contributed by atoms with Crippen LogP contribution in [-0.4, -0.2) is 16.7 Å². The van der Waals surface area contributed by atoms with Gasteiger partial charge in [0.1, 0.15) is 11.4 Å². The molecule has 0 bridgehead atoms. The molecule has 3 rings (SSSR count). The lowest BCUT2D eigenvalue weighted by Gasteiger charge is -2.22. The van der Waals surface area contributed by atoms with Gasteiger partial charge in [0.05, 0.1) is 10.0 Å². The van der Waals surface area contributed by atoms with Gasteiger partial charge in [0.2, 0.25) is 0 Å². The fourth-order valence-corrected chi connectivity index (χ4v) is 3.50. The predicted molar refractivity (Wildman–Crippen MR) is 66.6 cm³/mol. The number of fused-ring (bicyclic) bond motifs is 1. The van der Waals surface area contributed by atoms with Crippen LogP contribution in [0.1, 0.15) is 41.6 Å². The summed E-state index contributed by atoms with van der Waals surface area (Å²) in [5.74, 6) is -0.0437. The maximum atomic E-state index is 11.0. The fourth-order valence-electron chi connectivity index (χ4n) is 2.92. The first kappa shape index (κ1) is 11.1. The van der Waals surface area contributed by atoms with Gasteiger partial charge < -0.3 is 9.84 Å². The molecule has 0 amide bonds. The fraction of sp³-hybridized carbons (Fsp3) is 0.462. The molecule has 0 radical (unpaired) electrons. The van der Waals surface area contributed by atoms with Crippen molar-refractivity contribution in [1.29, 1.82) is 0 Å². The molecule has 4 heteroatoms. The van der Waals surface area contributed by atoms with Crippen LogP contribution in [-0.2, 0) is 6.42 Å². The highest BCUT2D eigenvalue weighted by molar-refractivity contribution is 9.10. The molecule has 1 fully saturated rings. The number of carbonyl (C=O) groups is 1. The first-order valence-electron chi connectivity index (χ1n) is 5.84. The van der Waals surface area contributed by atoms with Crippen molar-refractivity contribution in [2.24, 2.45) is 0 Å². The molecule has 1 aromatic carbocycles. The topological polar surface area (TPSA) is 46.5 Å². The monoisotopic (exact) mass is 296 g/mol. The van der Waals surface area contributed by atoms with Crippen LogP contribution < -0.4 is 4.74 Å². The number of carboxylic acids is 1. The van der Waals surface area contributed by atoms with E-state index in [2.05, 4.69) is 15.9 Å². The predicted octanol–water partition coefficient (Wildman–Crippen LogP) is 3.40. The minimum absolute atomic E-state index is 0.0536. The normalized spacial score (nSPS) is 20.3. The Morgan fingerprint density at radius 1 is 1.35 bits per heavy atom. The summed E-state index contributed by atoms with van der Waals surface area (Å²) in [7, 11) is 0. The van der Waals surface area contributed by atoms with E-state index in [1.54, 1.807) is 12.1 Å². The molecule has 2 aliphatic rings. The van der Waals surface area contributed by atoms with Gasteiger partial charge in [-0.05, 0) is 53.7 Å². The summed E-state index contributed by atoms with van der Waals surface area (Å²) in [6.45, 7) is 0. The van der Waals surface area contributed by atoms with Gasteiger partial charge >= 0.3 is 5.97 Å². The average molecular weight is 297 g/mol. The molecule has 17 heavy (non-hydrogen) atoms. The van der Waals surface area contributed by atoms with Crippen LogP contribution in [0.2, 0.25) is 0 Å². The lowest BCUT2D eigenvalue weighted by Crippen LogP contribution is -2.29. The molecule has 1 aliphatic carbocycles. The number of hydrogen-bond donors (Lipinski definition) is 1. The van der Waals surface area contributed by atoms with Gasteiger partial charge in [-0.15, -0.1) is 0 Å². The van der Waals surface area contributed by atoms with Crippen LogP contribution in [0.15, 0.2) is 16.6 Å². The molecular formula is C13H13BrO3. The molecule has 90 valence electrons. The van der Waals surface area contributed by atoms with E-state index in [1.165, 1.54) is 12.8 Å². The van der Waals surface area contributed by atoms with Crippen LogP contribution in [0.5, 0.6) is 5.75 Å². The van der Waals surface area contributed by atoms with Gasteiger partial charge in [-0.25, -0.2) is 4.79 Å². The third-order valence-electron chi connectivity index (χ3n) is 3.71. The molecule has 1 aromatic rings.